The van der Waals surface area contributed by atoms with Crippen molar-refractivity contribution in [3.8, 4) is 5.75 Å². The fourth-order valence-corrected chi connectivity index (χ4v) is 1.97. The van der Waals surface area contributed by atoms with Gasteiger partial charge >= 0.3 is 0 Å². The predicted molar refractivity (Wildman–Crippen MR) is 80.3 cm³/mol. The lowest BCUT2D eigenvalue weighted by atomic mass is 10.1. The molecule has 2 rings (SSSR count). The van der Waals surface area contributed by atoms with Crippen molar-refractivity contribution in [2.75, 3.05) is 11.9 Å². The lowest BCUT2D eigenvalue weighted by molar-refractivity contribution is 0.0931. The van der Waals surface area contributed by atoms with Crippen molar-refractivity contribution in [1.29, 1.82) is 0 Å². The molecule has 5 heteroatoms. The number of halogens is 1. The highest BCUT2D eigenvalue weighted by Crippen LogP contribution is 2.20. The molecule has 0 radical (unpaired) electrons. The number of nitrogens with one attached hydrogen (secondary N) is 1. The van der Waals surface area contributed by atoms with Crippen LogP contribution in [0.5, 0.6) is 5.75 Å². The molecule has 1 aromatic carbocycles. The van der Waals surface area contributed by atoms with E-state index in [9.17, 15) is 4.79 Å². The zero-order valence-electron chi connectivity index (χ0n) is 11.1. The second kappa shape index (κ2) is 7.14. The number of hydrogen-bond acceptors (Lipinski definition) is 3. The molecule has 4 nitrogen and oxygen atoms in total. The summed E-state index contributed by atoms with van der Waals surface area (Å²) < 4.78 is 10.8. The molecule has 106 valence electrons. The van der Waals surface area contributed by atoms with Gasteiger partial charge in [0, 0.05) is 5.33 Å². The van der Waals surface area contributed by atoms with E-state index < -0.39 is 0 Å². The van der Waals surface area contributed by atoms with Gasteiger partial charge in [-0.2, -0.15) is 0 Å². The topological polar surface area (TPSA) is 51.5 Å². The van der Waals surface area contributed by atoms with Crippen LogP contribution in [0.3, 0.4) is 0 Å². The molecular weight excluding hydrogens is 322 g/mol. The minimum absolute atomic E-state index is 0.181. The first kappa shape index (κ1) is 14.7. The van der Waals surface area contributed by atoms with Crippen LogP contribution in [0, 0.1) is 0 Å². The van der Waals surface area contributed by atoms with E-state index in [-0.39, 0.29) is 11.9 Å². The summed E-state index contributed by atoms with van der Waals surface area (Å²) in [6.45, 7) is 2.39. The molecule has 1 heterocycles. The minimum Gasteiger partial charge on any atom is -0.492 e. The van der Waals surface area contributed by atoms with Gasteiger partial charge in [-0.05, 0) is 31.2 Å². The molecule has 1 N–H and O–H groups in total. The zero-order chi connectivity index (χ0) is 14.4. The van der Waals surface area contributed by atoms with Gasteiger partial charge < -0.3 is 14.5 Å². The van der Waals surface area contributed by atoms with Crippen LogP contribution in [-0.2, 0) is 0 Å². The predicted octanol–water partition coefficient (Wildman–Crippen LogP) is 3.54. The van der Waals surface area contributed by atoms with Crippen LogP contribution < -0.4 is 10.1 Å². The Kier molecular flexibility index (Phi) is 5.24. The van der Waals surface area contributed by atoms with Gasteiger partial charge in [0.1, 0.15) is 11.5 Å². The SMILES string of the molecule is CC(NC(=O)c1ccccc1OCCBr)c1ccco1. The van der Waals surface area contributed by atoms with Gasteiger partial charge in [0.05, 0.1) is 24.5 Å². The monoisotopic (exact) mass is 337 g/mol. The van der Waals surface area contributed by atoms with Crippen molar-refractivity contribution in [3.05, 3.63) is 54.0 Å². The smallest absolute Gasteiger partial charge is 0.255 e. The van der Waals surface area contributed by atoms with Gasteiger partial charge in [-0.25, -0.2) is 0 Å². The number of hydrogen-bond donors (Lipinski definition) is 1. The molecule has 1 amide bonds. The lowest BCUT2D eigenvalue weighted by Crippen LogP contribution is -2.26. The van der Waals surface area contributed by atoms with E-state index in [1.165, 1.54) is 0 Å². The molecule has 0 fully saturated rings. The maximum Gasteiger partial charge on any atom is 0.255 e. The van der Waals surface area contributed by atoms with Gasteiger partial charge in [-0.3, -0.25) is 4.79 Å². The van der Waals surface area contributed by atoms with E-state index in [0.29, 0.717) is 23.2 Å². The Bertz CT molecular complexity index is 554. The van der Waals surface area contributed by atoms with Crippen LogP contribution >= 0.6 is 15.9 Å². The summed E-state index contributed by atoms with van der Waals surface area (Å²) in [5.41, 5.74) is 0.520. The van der Waals surface area contributed by atoms with Crippen molar-refractivity contribution < 1.29 is 13.9 Å². The molecule has 2 aromatic rings. The number of rotatable bonds is 6. The van der Waals surface area contributed by atoms with Crippen molar-refractivity contribution in [3.63, 3.8) is 0 Å². The van der Waals surface area contributed by atoms with Gasteiger partial charge in [0.2, 0.25) is 0 Å². The molecule has 20 heavy (non-hydrogen) atoms. The van der Waals surface area contributed by atoms with E-state index in [4.69, 9.17) is 9.15 Å². The van der Waals surface area contributed by atoms with Crippen LogP contribution in [0.15, 0.2) is 47.1 Å². The van der Waals surface area contributed by atoms with Crippen LogP contribution in [0.25, 0.3) is 0 Å². The van der Waals surface area contributed by atoms with Crippen LogP contribution in [0.2, 0.25) is 0 Å². The second-order valence-corrected chi connectivity index (χ2v) is 5.04. The number of ether oxygens (including phenoxy) is 1. The fourth-order valence-electron chi connectivity index (χ4n) is 1.81. The quantitative estimate of drug-likeness (QED) is 0.820. The summed E-state index contributed by atoms with van der Waals surface area (Å²) in [6, 6.07) is 10.6. The third-order valence-corrected chi connectivity index (χ3v) is 3.11. The Labute approximate surface area is 126 Å². The lowest BCUT2D eigenvalue weighted by Gasteiger charge is -2.14. The Morgan fingerprint density at radius 2 is 2.15 bits per heavy atom. The maximum atomic E-state index is 12.3. The van der Waals surface area contributed by atoms with Crippen LogP contribution in [0.1, 0.15) is 29.1 Å². The van der Waals surface area contributed by atoms with E-state index in [0.717, 1.165) is 5.76 Å². The summed E-state index contributed by atoms with van der Waals surface area (Å²) >= 11 is 3.30. The Morgan fingerprint density at radius 3 is 2.85 bits per heavy atom. The first-order valence-electron chi connectivity index (χ1n) is 6.34. The van der Waals surface area contributed by atoms with Crippen LogP contribution in [-0.4, -0.2) is 17.8 Å². The minimum atomic E-state index is -0.193. The summed E-state index contributed by atoms with van der Waals surface area (Å²) in [6.07, 6.45) is 1.59. The number of amides is 1. The summed E-state index contributed by atoms with van der Waals surface area (Å²) in [4.78, 5) is 12.3. The number of carbonyl (C=O) groups excluding carboxylic acids is 1. The molecule has 0 aliphatic rings. The number of para-hydroxylation sites is 1. The highest BCUT2D eigenvalue weighted by molar-refractivity contribution is 9.09. The molecule has 0 aliphatic carbocycles. The standard InChI is InChI=1S/C15H16BrNO3/c1-11(13-7-4-9-19-13)17-15(18)12-5-2-3-6-14(12)20-10-8-16/h2-7,9,11H,8,10H2,1H3,(H,17,18). The van der Waals surface area contributed by atoms with Crippen molar-refractivity contribution in [2.24, 2.45) is 0 Å². The van der Waals surface area contributed by atoms with Gasteiger partial charge in [-0.1, -0.05) is 28.1 Å². The largest absolute Gasteiger partial charge is 0.492 e. The molecule has 0 spiro atoms. The van der Waals surface area contributed by atoms with Gasteiger partial charge in [0.15, 0.2) is 0 Å². The van der Waals surface area contributed by atoms with E-state index in [1.54, 1.807) is 24.5 Å². The van der Waals surface area contributed by atoms with Crippen LogP contribution in [0.4, 0.5) is 0 Å². The zero-order valence-corrected chi connectivity index (χ0v) is 12.7. The number of alkyl halides is 1. The van der Waals surface area contributed by atoms with E-state index in [1.807, 2.05) is 25.1 Å². The summed E-state index contributed by atoms with van der Waals surface area (Å²) in [7, 11) is 0. The highest BCUT2D eigenvalue weighted by atomic mass is 79.9. The Morgan fingerprint density at radius 1 is 1.35 bits per heavy atom. The average molecular weight is 338 g/mol. The highest BCUT2D eigenvalue weighted by Gasteiger charge is 2.16. The van der Waals surface area contributed by atoms with Crippen molar-refractivity contribution in [2.45, 2.75) is 13.0 Å². The van der Waals surface area contributed by atoms with E-state index in [2.05, 4.69) is 21.2 Å². The molecule has 1 aromatic heterocycles. The molecule has 0 saturated heterocycles. The summed E-state index contributed by atoms with van der Waals surface area (Å²) in [5.74, 6) is 1.12. The van der Waals surface area contributed by atoms with Crippen molar-refractivity contribution in [1.82, 2.24) is 5.32 Å². The number of benzene rings is 1. The normalized spacial score (nSPS) is 11.9. The molecule has 0 aliphatic heterocycles. The molecular formula is C15H16BrNO3. The van der Waals surface area contributed by atoms with Gasteiger partial charge in [-0.15, -0.1) is 0 Å². The number of carbonyl (C=O) groups is 1. The molecule has 1 atom stereocenters. The second-order valence-electron chi connectivity index (χ2n) is 4.24. The summed E-state index contributed by atoms with van der Waals surface area (Å²) in [5, 5.41) is 3.61. The fraction of sp³-hybridized carbons (Fsp3) is 0.267. The molecule has 0 bridgehead atoms. The van der Waals surface area contributed by atoms with Gasteiger partial charge in [0.25, 0.3) is 5.91 Å². The average Bonchev–Trinajstić information content (AvgIpc) is 2.99. The molecule has 1 unspecified atom stereocenters. The Balaban J connectivity index is 2.09. The first-order chi connectivity index (χ1) is 9.72. The van der Waals surface area contributed by atoms with Crippen molar-refractivity contribution >= 4 is 21.8 Å². The maximum absolute atomic E-state index is 12.3. The molecule has 0 saturated carbocycles. The third-order valence-electron chi connectivity index (χ3n) is 2.78. The number of furan rings is 1. The third kappa shape index (κ3) is 3.63. The van der Waals surface area contributed by atoms with E-state index >= 15 is 0 Å². The Hall–Kier alpha value is -1.75. The first-order valence-corrected chi connectivity index (χ1v) is 7.46.